The fourth-order valence-electron chi connectivity index (χ4n) is 2.55. The Labute approximate surface area is 125 Å². The molecule has 3 N–H and O–H groups in total. The molecule has 0 aromatic carbocycles. The molecular weight excluding hydrogens is 294 g/mol. The highest BCUT2D eigenvalue weighted by Gasteiger charge is 2.28. The van der Waals surface area contributed by atoms with Crippen molar-refractivity contribution in [1.29, 1.82) is 0 Å². The van der Waals surface area contributed by atoms with E-state index in [-0.39, 0.29) is 21.6 Å². The summed E-state index contributed by atoms with van der Waals surface area (Å²) in [6, 6.07) is 3.02. The molecule has 1 fully saturated rings. The Morgan fingerprint density at radius 1 is 1.45 bits per heavy atom. The number of hydrogen-bond donors (Lipinski definition) is 2. The average Bonchev–Trinajstić information content (AvgIpc) is 2.41. The topological polar surface area (TPSA) is 85.1 Å². The number of nitrogens with one attached hydrogen (secondary N) is 1. The zero-order chi connectivity index (χ0) is 14.8. The van der Waals surface area contributed by atoms with E-state index in [1.807, 2.05) is 0 Å². The first-order valence-electron chi connectivity index (χ1n) is 6.69. The van der Waals surface area contributed by atoms with Crippen LogP contribution in [-0.4, -0.2) is 24.4 Å². The van der Waals surface area contributed by atoms with Crippen molar-refractivity contribution in [2.75, 3.05) is 0 Å². The summed E-state index contributed by atoms with van der Waals surface area (Å²) in [6.07, 6.45) is 5.60. The van der Waals surface area contributed by atoms with Gasteiger partial charge in [-0.3, -0.25) is 4.98 Å². The third-order valence-corrected chi connectivity index (χ3v) is 5.43. The third-order valence-electron chi connectivity index (χ3n) is 3.71. The molecule has 0 amide bonds. The maximum atomic E-state index is 12.5. The van der Waals surface area contributed by atoms with Gasteiger partial charge >= 0.3 is 0 Å². The van der Waals surface area contributed by atoms with Crippen molar-refractivity contribution in [1.82, 2.24) is 9.71 Å². The Morgan fingerprint density at radius 3 is 2.80 bits per heavy atom. The van der Waals surface area contributed by atoms with E-state index in [9.17, 15) is 8.42 Å². The summed E-state index contributed by atoms with van der Waals surface area (Å²) in [6.45, 7) is 2.07. The van der Waals surface area contributed by atoms with Gasteiger partial charge in [-0.2, -0.15) is 0 Å². The van der Waals surface area contributed by atoms with Gasteiger partial charge in [-0.25, -0.2) is 13.1 Å². The van der Waals surface area contributed by atoms with Crippen LogP contribution in [0.1, 0.15) is 38.3 Å². The lowest BCUT2D eigenvalue weighted by Crippen LogP contribution is -2.41. The van der Waals surface area contributed by atoms with E-state index in [0.29, 0.717) is 5.92 Å². The van der Waals surface area contributed by atoms with Crippen LogP contribution in [0.2, 0.25) is 0 Å². The fraction of sp³-hybridized carbons (Fsp3) is 0.538. The minimum atomic E-state index is -3.65. The van der Waals surface area contributed by atoms with Crippen molar-refractivity contribution in [3.63, 3.8) is 0 Å². The van der Waals surface area contributed by atoms with E-state index >= 15 is 0 Å². The van der Waals surface area contributed by atoms with Gasteiger partial charge in [-0.1, -0.05) is 32.0 Å². The first kappa shape index (κ1) is 15.3. The van der Waals surface area contributed by atoms with Crippen LogP contribution in [0.3, 0.4) is 0 Å². The zero-order valence-electron chi connectivity index (χ0n) is 11.4. The van der Waals surface area contributed by atoms with Gasteiger partial charge < -0.3 is 5.73 Å². The highest BCUT2D eigenvalue weighted by atomic mass is 32.2. The van der Waals surface area contributed by atoms with E-state index < -0.39 is 10.0 Å². The summed E-state index contributed by atoms with van der Waals surface area (Å²) in [4.78, 5) is 4.02. The highest BCUT2D eigenvalue weighted by Crippen LogP contribution is 2.25. The molecule has 1 saturated carbocycles. The van der Waals surface area contributed by atoms with Gasteiger partial charge in [0.1, 0.15) is 15.6 Å². The van der Waals surface area contributed by atoms with Crippen molar-refractivity contribution in [2.24, 2.45) is 11.7 Å². The summed E-state index contributed by atoms with van der Waals surface area (Å²) < 4.78 is 27.8. The largest absolute Gasteiger partial charge is 0.388 e. The van der Waals surface area contributed by atoms with Crippen LogP contribution >= 0.6 is 12.2 Å². The lowest BCUT2D eigenvalue weighted by Gasteiger charge is -2.29. The molecule has 2 rings (SSSR count). The van der Waals surface area contributed by atoms with Gasteiger partial charge in [0, 0.05) is 12.2 Å². The van der Waals surface area contributed by atoms with Crippen molar-refractivity contribution >= 4 is 27.2 Å². The molecule has 1 aliphatic carbocycles. The number of thiocarbonyl (C=S) groups is 1. The normalized spacial score (nSPS) is 23.4. The maximum Gasteiger partial charge on any atom is 0.243 e. The molecule has 7 heteroatoms. The van der Waals surface area contributed by atoms with E-state index in [4.69, 9.17) is 18.0 Å². The van der Waals surface area contributed by atoms with Crippen LogP contribution < -0.4 is 10.5 Å². The van der Waals surface area contributed by atoms with Crippen molar-refractivity contribution in [2.45, 2.75) is 43.5 Å². The third kappa shape index (κ3) is 3.34. The van der Waals surface area contributed by atoms with Crippen LogP contribution in [0.5, 0.6) is 0 Å². The SMILES string of the molecule is CC1CCCCC1NS(=O)(=O)c1cccnc1C(N)=S. The summed E-state index contributed by atoms with van der Waals surface area (Å²) in [5.41, 5.74) is 5.70. The second-order valence-corrected chi connectivity index (χ2v) is 7.33. The molecule has 1 aromatic rings. The van der Waals surface area contributed by atoms with Crippen LogP contribution in [-0.2, 0) is 10.0 Å². The van der Waals surface area contributed by atoms with Crippen LogP contribution in [0.4, 0.5) is 0 Å². The van der Waals surface area contributed by atoms with Gasteiger partial charge in [0.25, 0.3) is 0 Å². The van der Waals surface area contributed by atoms with Gasteiger partial charge in [-0.05, 0) is 30.9 Å². The molecule has 0 spiro atoms. The number of pyridine rings is 1. The van der Waals surface area contributed by atoms with Gasteiger partial charge in [0.15, 0.2) is 0 Å². The van der Waals surface area contributed by atoms with Gasteiger partial charge in [-0.15, -0.1) is 0 Å². The Morgan fingerprint density at radius 2 is 2.15 bits per heavy atom. The molecule has 2 atom stereocenters. The molecule has 5 nitrogen and oxygen atoms in total. The maximum absolute atomic E-state index is 12.5. The van der Waals surface area contributed by atoms with Crippen LogP contribution in [0.15, 0.2) is 23.2 Å². The lowest BCUT2D eigenvalue weighted by molar-refractivity contribution is 0.310. The first-order chi connectivity index (χ1) is 9.42. The predicted octanol–water partition coefficient (Wildman–Crippen LogP) is 1.57. The number of nitrogens with zero attached hydrogens (tertiary/aromatic N) is 1. The van der Waals surface area contributed by atoms with Crippen LogP contribution in [0, 0.1) is 5.92 Å². The van der Waals surface area contributed by atoms with E-state index in [1.54, 1.807) is 6.07 Å². The Balaban J connectivity index is 2.29. The Bertz CT molecular complexity index is 601. The Kier molecular flexibility index (Phi) is 4.72. The van der Waals surface area contributed by atoms with E-state index in [2.05, 4.69) is 16.6 Å². The molecule has 0 saturated heterocycles. The first-order valence-corrected chi connectivity index (χ1v) is 8.58. The molecule has 2 unspecified atom stereocenters. The standard InChI is InChI=1S/C13H19N3O2S2/c1-9-5-2-3-6-10(9)16-20(17,18)11-7-4-8-15-12(11)13(14)19/h4,7-10,16H,2-3,5-6H2,1H3,(H2,14,19). The molecule has 1 aliphatic rings. The Hall–Kier alpha value is -1.05. The minimum absolute atomic E-state index is 0.0114. The minimum Gasteiger partial charge on any atom is -0.388 e. The summed E-state index contributed by atoms with van der Waals surface area (Å²) >= 11 is 4.87. The zero-order valence-corrected chi connectivity index (χ0v) is 13.0. The second-order valence-electron chi connectivity index (χ2n) is 5.20. The number of rotatable bonds is 4. The number of nitrogens with two attached hydrogens (primary N) is 1. The monoisotopic (exact) mass is 313 g/mol. The highest BCUT2D eigenvalue weighted by molar-refractivity contribution is 7.89. The van der Waals surface area contributed by atoms with Crippen molar-refractivity contribution < 1.29 is 8.42 Å². The fourth-order valence-corrected chi connectivity index (χ4v) is 4.32. The number of hydrogen-bond acceptors (Lipinski definition) is 4. The molecule has 1 heterocycles. The molecule has 1 aromatic heterocycles. The summed E-state index contributed by atoms with van der Waals surface area (Å²) in [5.74, 6) is 0.337. The number of aromatic nitrogens is 1. The molecular formula is C13H19N3O2S2. The molecule has 0 radical (unpaired) electrons. The van der Waals surface area contributed by atoms with E-state index in [1.165, 1.54) is 12.3 Å². The molecule has 0 aliphatic heterocycles. The number of sulfonamides is 1. The second kappa shape index (κ2) is 6.15. The summed E-state index contributed by atoms with van der Waals surface area (Å²) in [7, 11) is -3.65. The quantitative estimate of drug-likeness (QED) is 0.824. The summed E-state index contributed by atoms with van der Waals surface area (Å²) in [5, 5.41) is 0. The van der Waals surface area contributed by atoms with Gasteiger partial charge in [0.2, 0.25) is 10.0 Å². The predicted molar refractivity (Wildman–Crippen MR) is 81.9 cm³/mol. The molecule has 20 heavy (non-hydrogen) atoms. The lowest BCUT2D eigenvalue weighted by atomic mass is 9.87. The van der Waals surface area contributed by atoms with E-state index in [0.717, 1.165) is 25.7 Å². The molecule has 110 valence electrons. The molecule has 0 bridgehead atoms. The van der Waals surface area contributed by atoms with Crippen molar-refractivity contribution in [3.05, 3.63) is 24.0 Å². The van der Waals surface area contributed by atoms with Gasteiger partial charge in [0.05, 0.1) is 0 Å². The van der Waals surface area contributed by atoms with Crippen molar-refractivity contribution in [3.8, 4) is 0 Å². The average molecular weight is 313 g/mol. The smallest absolute Gasteiger partial charge is 0.243 e. The van der Waals surface area contributed by atoms with Crippen LogP contribution in [0.25, 0.3) is 0 Å².